The molecule has 0 aliphatic rings. The summed E-state index contributed by atoms with van der Waals surface area (Å²) in [5.41, 5.74) is 7.27. The van der Waals surface area contributed by atoms with Gasteiger partial charge >= 0.3 is 0 Å². The fourth-order valence-electron chi connectivity index (χ4n) is 1.38. The van der Waals surface area contributed by atoms with Gasteiger partial charge in [-0.15, -0.1) is 0 Å². The van der Waals surface area contributed by atoms with Crippen molar-refractivity contribution in [3.05, 3.63) is 54.0 Å². The summed E-state index contributed by atoms with van der Waals surface area (Å²) in [5, 5.41) is 2.74. The third kappa shape index (κ3) is 2.42. The van der Waals surface area contributed by atoms with Crippen LogP contribution < -0.4 is 11.1 Å². The summed E-state index contributed by atoms with van der Waals surface area (Å²) in [7, 11) is 0. The Morgan fingerprint density at radius 1 is 1.31 bits per heavy atom. The zero-order chi connectivity index (χ0) is 11.4. The number of nitrogens with two attached hydrogens (primary N) is 1. The monoisotopic (exact) mass is 216 g/mol. The maximum absolute atomic E-state index is 11.5. The van der Waals surface area contributed by atoms with Gasteiger partial charge in [-0.05, 0) is 29.8 Å². The van der Waals surface area contributed by atoms with Crippen LogP contribution in [0.3, 0.4) is 0 Å². The Labute approximate surface area is 93.1 Å². The summed E-state index contributed by atoms with van der Waals surface area (Å²) in [5.74, 6) is 0.0799. The first-order valence-corrected chi connectivity index (χ1v) is 4.92. The van der Waals surface area contributed by atoms with Crippen molar-refractivity contribution >= 4 is 11.6 Å². The first kappa shape index (κ1) is 10.3. The van der Waals surface area contributed by atoms with Gasteiger partial charge in [-0.25, -0.2) is 0 Å². The summed E-state index contributed by atoms with van der Waals surface area (Å²) >= 11 is 0. The third-order valence-corrected chi connectivity index (χ3v) is 2.15. The molecule has 0 saturated carbocycles. The molecule has 3 N–H and O–H groups in total. The lowest BCUT2D eigenvalue weighted by molar-refractivity contribution is 0.0923. The fraction of sp³-hybridized carbons (Fsp3) is 0.0833. The van der Waals surface area contributed by atoms with Crippen LogP contribution in [-0.4, -0.2) is 5.91 Å². The molecular formula is C12H12N2O2. The lowest BCUT2D eigenvalue weighted by Crippen LogP contribution is -2.22. The number of rotatable bonds is 3. The number of furan rings is 1. The topological polar surface area (TPSA) is 68.3 Å². The molecule has 1 amide bonds. The van der Waals surface area contributed by atoms with E-state index in [0.29, 0.717) is 18.0 Å². The van der Waals surface area contributed by atoms with E-state index < -0.39 is 0 Å². The first-order valence-electron chi connectivity index (χ1n) is 4.92. The number of hydrogen-bond acceptors (Lipinski definition) is 3. The average Bonchev–Trinajstić information content (AvgIpc) is 2.79. The summed E-state index contributed by atoms with van der Waals surface area (Å²) in [4.78, 5) is 11.5. The quantitative estimate of drug-likeness (QED) is 0.768. The van der Waals surface area contributed by atoms with E-state index in [1.807, 2.05) is 18.2 Å². The molecule has 0 atom stereocenters. The van der Waals surface area contributed by atoms with Crippen molar-refractivity contribution in [3.63, 3.8) is 0 Å². The van der Waals surface area contributed by atoms with Crippen molar-refractivity contribution in [2.24, 2.45) is 0 Å². The Kier molecular flexibility index (Phi) is 2.91. The van der Waals surface area contributed by atoms with Gasteiger partial charge in [0.05, 0.1) is 6.26 Å². The van der Waals surface area contributed by atoms with Crippen molar-refractivity contribution in [1.82, 2.24) is 5.32 Å². The van der Waals surface area contributed by atoms with Crippen LogP contribution in [0, 0.1) is 0 Å². The van der Waals surface area contributed by atoms with Gasteiger partial charge in [0.2, 0.25) is 0 Å². The molecule has 2 aromatic rings. The summed E-state index contributed by atoms with van der Waals surface area (Å²) in [6.45, 7) is 0.435. The number of hydrogen-bond donors (Lipinski definition) is 2. The molecule has 0 fully saturated rings. The van der Waals surface area contributed by atoms with Gasteiger partial charge in [-0.3, -0.25) is 4.79 Å². The SMILES string of the molecule is Nc1cccc(CNC(=O)c2ccco2)c1. The summed E-state index contributed by atoms with van der Waals surface area (Å²) < 4.78 is 4.97. The second-order valence-electron chi connectivity index (χ2n) is 3.41. The van der Waals surface area contributed by atoms with Crippen LogP contribution in [0.15, 0.2) is 47.1 Å². The Hall–Kier alpha value is -2.23. The van der Waals surface area contributed by atoms with Crippen LogP contribution in [0.25, 0.3) is 0 Å². The molecular weight excluding hydrogens is 204 g/mol. The second-order valence-corrected chi connectivity index (χ2v) is 3.41. The van der Waals surface area contributed by atoms with E-state index in [9.17, 15) is 4.79 Å². The highest BCUT2D eigenvalue weighted by atomic mass is 16.3. The van der Waals surface area contributed by atoms with Crippen molar-refractivity contribution < 1.29 is 9.21 Å². The molecule has 2 rings (SSSR count). The molecule has 0 aliphatic carbocycles. The van der Waals surface area contributed by atoms with Crippen LogP contribution in [-0.2, 0) is 6.54 Å². The lowest BCUT2D eigenvalue weighted by atomic mass is 10.2. The van der Waals surface area contributed by atoms with E-state index in [1.54, 1.807) is 18.2 Å². The number of carbonyl (C=O) groups excluding carboxylic acids is 1. The number of benzene rings is 1. The fourth-order valence-corrected chi connectivity index (χ4v) is 1.38. The van der Waals surface area contributed by atoms with Crippen molar-refractivity contribution in [2.45, 2.75) is 6.54 Å². The van der Waals surface area contributed by atoms with Crippen LogP contribution in [0.2, 0.25) is 0 Å². The van der Waals surface area contributed by atoms with E-state index in [0.717, 1.165) is 5.56 Å². The molecule has 0 spiro atoms. The zero-order valence-corrected chi connectivity index (χ0v) is 8.64. The van der Waals surface area contributed by atoms with E-state index in [-0.39, 0.29) is 5.91 Å². The van der Waals surface area contributed by atoms with E-state index in [1.165, 1.54) is 6.26 Å². The molecule has 82 valence electrons. The molecule has 0 unspecified atom stereocenters. The average molecular weight is 216 g/mol. The van der Waals surface area contributed by atoms with Crippen LogP contribution in [0.5, 0.6) is 0 Å². The number of nitrogens with one attached hydrogen (secondary N) is 1. The van der Waals surface area contributed by atoms with Gasteiger partial charge in [0.25, 0.3) is 5.91 Å². The van der Waals surface area contributed by atoms with Crippen LogP contribution in [0.1, 0.15) is 16.1 Å². The highest BCUT2D eigenvalue weighted by Crippen LogP contribution is 2.06. The van der Waals surface area contributed by atoms with Crippen LogP contribution >= 0.6 is 0 Å². The first-order chi connectivity index (χ1) is 7.75. The zero-order valence-electron chi connectivity index (χ0n) is 8.64. The molecule has 1 aromatic carbocycles. The van der Waals surface area contributed by atoms with E-state index in [4.69, 9.17) is 10.2 Å². The predicted octanol–water partition coefficient (Wildman–Crippen LogP) is 1.79. The molecule has 4 nitrogen and oxygen atoms in total. The number of anilines is 1. The standard InChI is InChI=1S/C12H12N2O2/c13-10-4-1-3-9(7-10)8-14-12(15)11-5-2-6-16-11/h1-7H,8,13H2,(H,14,15). The Bertz CT molecular complexity index is 478. The van der Waals surface area contributed by atoms with Gasteiger partial charge in [0, 0.05) is 12.2 Å². The normalized spacial score (nSPS) is 10.0. The van der Waals surface area contributed by atoms with Gasteiger partial charge in [-0.1, -0.05) is 12.1 Å². The highest BCUT2D eigenvalue weighted by molar-refractivity contribution is 5.91. The minimum absolute atomic E-state index is 0.229. The Morgan fingerprint density at radius 3 is 2.88 bits per heavy atom. The van der Waals surface area contributed by atoms with Gasteiger partial charge in [0.1, 0.15) is 0 Å². The Balaban J connectivity index is 1.95. The van der Waals surface area contributed by atoms with E-state index in [2.05, 4.69) is 5.32 Å². The summed E-state index contributed by atoms with van der Waals surface area (Å²) in [6.07, 6.45) is 1.47. The molecule has 4 heteroatoms. The highest BCUT2D eigenvalue weighted by Gasteiger charge is 2.07. The van der Waals surface area contributed by atoms with E-state index >= 15 is 0 Å². The molecule has 0 radical (unpaired) electrons. The maximum Gasteiger partial charge on any atom is 0.287 e. The van der Waals surface area contributed by atoms with Crippen LogP contribution in [0.4, 0.5) is 5.69 Å². The Morgan fingerprint density at radius 2 is 2.19 bits per heavy atom. The maximum atomic E-state index is 11.5. The smallest absolute Gasteiger partial charge is 0.287 e. The van der Waals surface area contributed by atoms with Crippen molar-refractivity contribution in [2.75, 3.05) is 5.73 Å². The second kappa shape index (κ2) is 4.53. The molecule has 0 aliphatic heterocycles. The van der Waals surface area contributed by atoms with Crippen molar-refractivity contribution in [3.8, 4) is 0 Å². The predicted molar refractivity (Wildman–Crippen MR) is 60.7 cm³/mol. The third-order valence-electron chi connectivity index (χ3n) is 2.15. The molecule has 1 heterocycles. The number of carbonyl (C=O) groups is 1. The molecule has 1 aromatic heterocycles. The van der Waals surface area contributed by atoms with Gasteiger partial charge < -0.3 is 15.5 Å². The van der Waals surface area contributed by atoms with Gasteiger partial charge in [-0.2, -0.15) is 0 Å². The minimum atomic E-state index is -0.229. The summed E-state index contributed by atoms with van der Waals surface area (Å²) in [6, 6.07) is 10.7. The lowest BCUT2D eigenvalue weighted by Gasteiger charge is -2.03. The molecule has 16 heavy (non-hydrogen) atoms. The number of nitrogen functional groups attached to an aromatic ring is 1. The van der Waals surface area contributed by atoms with Crippen molar-refractivity contribution in [1.29, 1.82) is 0 Å². The molecule has 0 saturated heterocycles. The number of amides is 1. The molecule has 0 bridgehead atoms. The minimum Gasteiger partial charge on any atom is -0.459 e. The van der Waals surface area contributed by atoms with Gasteiger partial charge in [0.15, 0.2) is 5.76 Å². The largest absolute Gasteiger partial charge is 0.459 e.